The fourth-order valence-corrected chi connectivity index (χ4v) is 3.47. The van der Waals surface area contributed by atoms with Gasteiger partial charge in [-0.25, -0.2) is 8.42 Å². The molecule has 1 atom stereocenters. The molecule has 2 aromatic carbocycles. The summed E-state index contributed by atoms with van der Waals surface area (Å²) >= 11 is 0. The molecule has 0 fully saturated rings. The Morgan fingerprint density at radius 1 is 1.21 bits per heavy atom. The summed E-state index contributed by atoms with van der Waals surface area (Å²) in [6.07, 6.45) is 1.13. The number of carbonyl (C=O) groups excluding carboxylic acids is 1. The average molecular weight is 402 g/mol. The fourth-order valence-electron chi connectivity index (χ4n) is 2.84. The highest BCUT2D eigenvalue weighted by molar-refractivity contribution is 7.90. The van der Waals surface area contributed by atoms with Gasteiger partial charge in [-0.3, -0.25) is 20.0 Å². The van der Waals surface area contributed by atoms with Crippen molar-refractivity contribution in [3.05, 3.63) is 63.8 Å². The van der Waals surface area contributed by atoms with Gasteiger partial charge in [0, 0.05) is 30.8 Å². The Labute approximate surface area is 161 Å². The topological polar surface area (TPSA) is 126 Å². The highest BCUT2D eigenvalue weighted by Gasteiger charge is 2.24. The van der Waals surface area contributed by atoms with E-state index in [1.54, 1.807) is 26.1 Å². The SMILES string of the molecule is CC(c1ccc(S(C)(=O)=O)cc1)N(C)C(=O)c1n[nH]c2ccc([N+](=O)[O-])cc12. The van der Waals surface area contributed by atoms with Gasteiger partial charge in [0.1, 0.15) is 0 Å². The second-order valence-electron chi connectivity index (χ2n) is 6.49. The molecule has 0 aliphatic carbocycles. The van der Waals surface area contributed by atoms with Crippen LogP contribution in [-0.2, 0) is 9.84 Å². The van der Waals surface area contributed by atoms with Crippen molar-refractivity contribution in [2.75, 3.05) is 13.3 Å². The monoisotopic (exact) mass is 402 g/mol. The maximum Gasteiger partial charge on any atom is 0.275 e. The first kappa shape index (κ1) is 19.5. The molecule has 3 rings (SSSR count). The minimum absolute atomic E-state index is 0.0841. The number of hydrogen-bond donors (Lipinski definition) is 1. The number of aromatic nitrogens is 2. The molecule has 1 unspecified atom stereocenters. The van der Waals surface area contributed by atoms with Gasteiger partial charge in [-0.2, -0.15) is 5.10 Å². The van der Waals surface area contributed by atoms with E-state index in [0.717, 1.165) is 11.8 Å². The molecular weight excluding hydrogens is 384 g/mol. The molecule has 146 valence electrons. The molecule has 0 aliphatic rings. The Hall–Kier alpha value is -3.27. The summed E-state index contributed by atoms with van der Waals surface area (Å²) in [4.78, 5) is 25.0. The van der Waals surface area contributed by atoms with E-state index in [-0.39, 0.29) is 22.3 Å². The van der Waals surface area contributed by atoms with Crippen molar-refractivity contribution in [3.63, 3.8) is 0 Å². The van der Waals surface area contributed by atoms with Crippen LogP contribution in [0.15, 0.2) is 47.4 Å². The van der Waals surface area contributed by atoms with Crippen molar-refractivity contribution < 1.29 is 18.1 Å². The smallest absolute Gasteiger partial charge is 0.275 e. The van der Waals surface area contributed by atoms with E-state index in [2.05, 4.69) is 10.2 Å². The number of fused-ring (bicyclic) bond motifs is 1. The molecule has 28 heavy (non-hydrogen) atoms. The molecule has 3 aromatic rings. The summed E-state index contributed by atoms with van der Waals surface area (Å²) in [7, 11) is -1.71. The Morgan fingerprint density at radius 2 is 1.86 bits per heavy atom. The van der Waals surface area contributed by atoms with Gasteiger partial charge in [-0.15, -0.1) is 0 Å². The standard InChI is InChI=1S/C18H18N4O5S/c1-11(12-4-7-14(8-5-12)28(3,26)27)21(2)18(23)17-15-10-13(22(24)25)6-9-16(15)19-20-17/h4-11H,1-3H3,(H,19,20). The number of amides is 1. The zero-order valence-electron chi connectivity index (χ0n) is 15.4. The first-order chi connectivity index (χ1) is 13.1. The summed E-state index contributed by atoms with van der Waals surface area (Å²) in [5, 5.41) is 18.1. The van der Waals surface area contributed by atoms with Gasteiger partial charge in [0.2, 0.25) is 0 Å². The Kier molecular flexibility index (Phi) is 4.90. The lowest BCUT2D eigenvalue weighted by Crippen LogP contribution is -2.30. The molecule has 0 saturated heterocycles. The zero-order chi connectivity index (χ0) is 20.6. The molecule has 0 radical (unpaired) electrons. The van der Waals surface area contributed by atoms with Crippen LogP contribution in [0.25, 0.3) is 10.9 Å². The average Bonchev–Trinajstić information content (AvgIpc) is 3.08. The van der Waals surface area contributed by atoms with Crippen molar-refractivity contribution in [2.45, 2.75) is 17.9 Å². The first-order valence-electron chi connectivity index (χ1n) is 8.29. The van der Waals surface area contributed by atoms with Crippen LogP contribution >= 0.6 is 0 Å². The van der Waals surface area contributed by atoms with Gasteiger partial charge in [0.15, 0.2) is 15.5 Å². The minimum Gasteiger partial charge on any atom is -0.334 e. The highest BCUT2D eigenvalue weighted by Crippen LogP contribution is 2.26. The van der Waals surface area contributed by atoms with E-state index in [9.17, 15) is 23.3 Å². The van der Waals surface area contributed by atoms with Gasteiger partial charge in [-0.05, 0) is 30.7 Å². The van der Waals surface area contributed by atoms with Gasteiger partial charge >= 0.3 is 0 Å². The van der Waals surface area contributed by atoms with Crippen molar-refractivity contribution in [2.24, 2.45) is 0 Å². The number of hydrogen-bond acceptors (Lipinski definition) is 6. The van der Waals surface area contributed by atoms with Crippen LogP contribution < -0.4 is 0 Å². The molecule has 9 nitrogen and oxygen atoms in total. The van der Waals surface area contributed by atoms with E-state index >= 15 is 0 Å². The molecule has 1 heterocycles. The van der Waals surface area contributed by atoms with Crippen molar-refractivity contribution in [1.82, 2.24) is 15.1 Å². The third kappa shape index (κ3) is 3.58. The fraction of sp³-hybridized carbons (Fsp3) is 0.222. The summed E-state index contributed by atoms with van der Waals surface area (Å²) in [5.41, 5.74) is 1.22. The maximum atomic E-state index is 12.9. The van der Waals surface area contributed by atoms with Crippen LogP contribution in [0.5, 0.6) is 0 Å². The van der Waals surface area contributed by atoms with Crippen LogP contribution in [0, 0.1) is 10.1 Å². The number of H-pyrrole nitrogens is 1. The molecule has 0 bridgehead atoms. The molecule has 1 amide bonds. The number of nitrogens with zero attached hydrogens (tertiary/aromatic N) is 3. The van der Waals surface area contributed by atoms with Crippen LogP contribution in [0.1, 0.15) is 29.0 Å². The highest BCUT2D eigenvalue weighted by atomic mass is 32.2. The predicted molar refractivity (Wildman–Crippen MR) is 103 cm³/mol. The summed E-state index contributed by atoms with van der Waals surface area (Å²) in [6.45, 7) is 1.80. The van der Waals surface area contributed by atoms with Crippen molar-refractivity contribution in [3.8, 4) is 0 Å². The minimum atomic E-state index is -3.30. The first-order valence-corrected chi connectivity index (χ1v) is 10.2. The lowest BCUT2D eigenvalue weighted by atomic mass is 10.1. The van der Waals surface area contributed by atoms with Crippen LogP contribution in [-0.4, -0.2) is 47.6 Å². The van der Waals surface area contributed by atoms with Crippen LogP contribution in [0.3, 0.4) is 0 Å². The molecule has 0 aliphatic heterocycles. The second kappa shape index (κ2) is 7.04. The van der Waals surface area contributed by atoms with E-state index < -0.39 is 20.7 Å². The van der Waals surface area contributed by atoms with Crippen molar-refractivity contribution >= 4 is 32.3 Å². The molecule has 1 N–H and O–H groups in total. The van der Waals surface area contributed by atoms with Gasteiger partial charge < -0.3 is 4.90 Å². The Balaban J connectivity index is 1.91. The third-order valence-electron chi connectivity index (χ3n) is 4.65. The number of nitro benzene ring substituents is 1. The molecule has 1 aromatic heterocycles. The number of sulfone groups is 1. The maximum absolute atomic E-state index is 12.9. The summed E-state index contributed by atoms with van der Waals surface area (Å²) in [5.74, 6) is -0.411. The predicted octanol–water partition coefficient (Wildman–Crippen LogP) is 2.71. The number of nitrogens with one attached hydrogen (secondary N) is 1. The zero-order valence-corrected chi connectivity index (χ0v) is 16.2. The third-order valence-corrected chi connectivity index (χ3v) is 5.78. The number of carbonyl (C=O) groups is 1. The normalized spacial score (nSPS) is 12.7. The number of rotatable bonds is 5. The van der Waals surface area contributed by atoms with Gasteiger partial charge in [-0.1, -0.05) is 12.1 Å². The summed E-state index contributed by atoms with van der Waals surface area (Å²) in [6, 6.07) is 10.1. The number of non-ortho nitro benzene ring substituents is 1. The molecule has 0 spiro atoms. The lowest BCUT2D eigenvalue weighted by molar-refractivity contribution is -0.384. The van der Waals surface area contributed by atoms with E-state index in [1.165, 1.54) is 35.2 Å². The summed E-state index contributed by atoms with van der Waals surface area (Å²) < 4.78 is 23.2. The van der Waals surface area contributed by atoms with Crippen molar-refractivity contribution in [1.29, 1.82) is 0 Å². The molecule has 10 heteroatoms. The van der Waals surface area contributed by atoms with E-state index in [1.807, 2.05) is 0 Å². The number of nitro groups is 1. The van der Waals surface area contributed by atoms with Gasteiger partial charge in [0.25, 0.3) is 11.6 Å². The Morgan fingerprint density at radius 3 is 2.43 bits per heavy atom. The Bertz CT molecular complexity index is 1170. The van der Waals surface area contributed by atoms with Gasteiger partial charge in [0.05, 0.1) is 21.4 Å². The largest absolute Gasteiger partial charge is 0.334 e. The molecular formula is C18H18N4O5S. The lowest BCUT2D eigenvalue weighted by Gasteiger charge is -2.25. The quantitative estimate of drug-likeness (QED) is 0.516. The number of benzene rings is 2. The van der Waals surface area contributed by atoms with E-state index in [4.69, 9.17) is 0 Å². The van der Waals surface area contributed by atoms with E-state index in [0.29, 0.717) is 10.9 Å². The second-order valence-corrected chi connectivity index (χ2v) is 8.51. The van der Waals surface area contributed by atoms with Crippen LogP contribution in [0.2, 0.25) is 0 Å². The van der Waals surface area contributed by atoms with Crippen LogP contribution in [0.4, 0.5) is 5.69 Å². The number of aromatic amines is 1. The molecule has 0 saturated carbocycles.